The monoisotopic (exact) mass is 505 g/mol. The first kappa shape index (κ1) is 22.4. The van der Waals surface area contributed by atoms with Crippen molar-refractivity contribution in [3.8, 4) is 0 Å². The molecule has 3 aromatic rings. The van der Waals surface area contributed by atoms with E-state index in [4.69, 9.17) is 4.42 Å². The number of guanidine groups is 1. The molecule has 0 aliphatic heterocycles. The Balaban J connectivity index is 0.00000300. The molecule has 2 heterocycles. The molecule has 8 heteroatoms. The van der Waals surface area contributed by atoms with Gasteiger partial charge in [0.05, 0.1) is 6.26 Å². The van der Waals surface area contributed by atoms with Crippen molar-refractivity contribution in [3.05, 3.63) is 84.1 Å². The van der Waals surface area contributed by atoms with E-state index in [1.807, 2.05) is 42.5 Å². The molecule has 2 aromatic heterocycles. The molecule has 0 unspecified atom stereocenters. The molecule has 1 aromatic carbocycles. The van der Waals surface area contributed by atoms with Gasteiger partial charge in [-0.3, -0.25) is 14.8 Å². The van der Waals surface area contributed by atoms with E-state index in [2.05, 4.69) is 25.9 Å². The van der Waals surface area contributed by atoms with Crippen LogP contribution in [-0.4, -0.2) is 30.4 Å². The average molecular weight is 505 g/mol. The van der Waals surface area contributed by atoms with Gasteiger partial charge in [-0.1, -0.05) is 18.2 Å². The Morgan fingerprint density at radius 1 is 1.07 bits per heavy atom. The van der Waals surface area contributed by atoms with Crippen LogP contribution in [-0.2, 0) is 13.0 Å². The van der Waals surface area contributed by atoms with Gasteiger partial charge in [0.2, 0.25) is 0 Å². The van der Waals surface area contributed by atoms with Crippen LogP contribution in [0, 0.1) is 0 Å². The third-order valence-corrected chi connectivity index (χ3v) is 4.04. The van der Waals surface area contributed by atoms with E-state index in [9.17, 15) is 4.79 Å². The number of carbonyl (C=O) groups excluding carboxylic acids is 1. The second-order valence-corrected chi connectivity index (χ2v) is 6.05. The van der Waals surface area contributed by atoms with Crippen LogP contribution in [0.5, 0.6) is 0 Å². The van der Waals surface area contributed by atoms with E-state index in [0.29, 0.717) is 12.2 Å². The maximum absolute atomic E-state index is 12.0. The van der Waals surface area contributed by atoms with Gasteiger partial charge in [-0.2, -0.15) is 0 Å². The van der Waals surface area contributed by atoms with Gasteiger partial charge in [0, 0.05) is 44.1 Å². The van der Waals surface area contributed by atoms with E-state index in [-0.39, 0.29) is 35.6 Å². The second kappa shape index (κ2) is 11.8. The number of nitrogens with one attached hydrogen (secondary N) is 3. The Labute approximate surface area is 187 Å². The molecule has 0 radical (unpaired) electrons. The Kier molecular flexibility index (Phi) is 9.16. The highest BCUT2D eigenvalue weighted by atomic mass is 127. The van der Waals surface area contributed by atoms with Crippen LogP contribution in [0.3, 0.4) is 0 Å². The van der Waals surface area contributed by atoms with Crippen molar-refractivity contribution in [2.24, 2.45) is 4.99 Å². The number of hydrogen-bond donors (Lipinski definition) is 3. The summed E-state index contributed by atoms with van der Waals surface area (Å²) in [6, 6.07) is 16.8. The summed E-state index contributed by atoms with van der Waals surface area (Å²) < 4.78 is 5.08. The van der Waals surface area contributed by atoms with Gasteiger partial charge in [-0.25, -0.2) is 0 Å². The number of halogens is 1. The first-order valence-corrected chi connectivity index (χ1v) is 9.03. The lowest BCUT2D eigenvalue weighted by molar-refractivity contribution is 0.0996. The van der Waals surface area contributed by atoms with E-state index in [1.54, 1.807) is 25.4 Å². The molecule has 29 heavy (non-hydrogen) atoms. The molecule has 0 aliphatic carbocycles. The number of anilines is 1. The fraction of sp³-hybridized carbons (Fsp3) is 0.190. The van der Waals surface area contributed by atoms with Gasteiger partial charge in [0.25, 0.3) is 5.91 Å². The molecule has 0 spiro atoms. The number of amides is 1. The zero-order valence-corrected chi connectivity index (χ0v) is 18.4. The Bertz CT molecular complexity index is 897. The third-order valence-electron chi connectivity index (χ3n) is 4.04. The number of benzene rings is 1. The second-order valence-electron chi connectivity index (χ2n) is 6.05. The minimum atomic E-state index is -0.270. The Hall–Kier alpha value is -2.88. The Morgan fingerprint density at radius 2 is 1.90 bits per heavy atom. The molecular weight excluding hydrogens is 481 g/mol. The van der Waals surface area contributed by atoms with Crippen LogP contribution < -0.4 is 16.0 Å². The van der Waals surface area contributed by atoms with E-state index in [1.165, 1.54) is 6.26 Å². The number of aliphatic imine (C=N–C) groups is 1. The molecule has 3 N–H and O–H groups in total. The fourth-order valence-electron chi connectivity index (χ4n) is 2.57. The first-order valence-electron chi connectivity index (χ1n) is 9.03. The van der Waals surface area contributed by atoms with Crippen LogP contribution in [0.4, 0.5) is 5.69 Å². The molecule has 3 rings (SSSR count). The summed E-state index contributed by atoms with van der Waals surface area (Å²) in [6.07, 6.45) is 4.09. The summed E-state index contributed by atoms with van der Waals surface area (Å²) in [6.45, 7) is 1.37. The number of hydrogen-bond acceptors (Lipinski definition) is 4. The van der Waals surface area contributed by atoms with Gasteiger partial charge >= 0.3 is 0 Å². The molecular formula is C21H24IN5O2. The molecule has 0 aliphatic rings. The van der Waals surface area contributed by atoms with Gasteiger partial charge in [0.15, 0.2) is 11.7 Å². The van der Waals surface area contributed by atoms with Gasteiger partial charge in [-0.15, -0.1) is 24.0 Å². The third kappa shape index (κ3) is 7.22. The summed E-state index contributed by atoms with van der Waals surface area (Å²) in [4.78, 5) is 20.5. The number of carbonyl (C=O) groups is 1. The largest absolute Gasteiger partial charge is 0.459 e. The number of furan rings is 1. The minimum Gasteiger partial charge on any atom is -0.459 e. The molecule has 1 amide bonds. The standard InChI is InChI=1S/C21H23N5O2.HI/c1-22-21(24-13-11-17-5-2-3-12-23-17)25-15-16-7-9-18(10-8-16)26-20(27)19-6-4-14-28-19;/h2-10,12,14H,11,13,15H2,1H3,(H,26,27)(H2,22,24,25);1H. The van der Waals surface area contributed by atoms with Crippen LogP contribution in [0.1, 0.15) is 21.8 Å². The summed E-state index contributed by atoms with van der Waals surface area (Å²) >= 11 is 0. The van der Waals surface area contributed by atoms with Crippen molar-refractivity contribution in [3.63, 3.8) is 0 Å². The molecule has 0 bridgehead atoms. The van der Waals surface area contributed by atoms with Gasteiger partial charge < -0.3 is 20.4 Å². The normalized spacial score (nSPS) is 10.7. The van der Waals surface area contributed by atoms with Crippen molar-refractivity contribution < 1.29 is 9.21 Å². The van der Waals surface area contributed by atoms with E-state index >= 15 is 0 Å². The van der Waals surface area contributed by atoms with E-state index < -0.39 is 0 Å². The Morgan fingerprint density at radius 3 is 2.55 bits per heavy atom. The topological polar surface area (TPSA) is 91.5 Å². The van der Waals surface area contributed by atoms with Crippen molar-refractivity contribution in [1.82, 2.24) is 15.6 Å². The number of rotatable bonds is 7. The fourth-order valence-corrected chi connectivity index (χ4v) is 2.57. The van der Waals surface area contributed by atoms with Crippen LogP contribution in [0.25, 0.3) is 0 Å². The summed E-state index contributed by atoms with van der Waals surface area (Å²) in [5.41, 5.74) is 2.82. The molecule has 0 atom stereocenters. The number of nitrogens with zero attached hydrogens (tertiary/aromatic N) is 2. The zero-order valence-electron chi connectivity index (χ0n) is 16.1. The van der Waals surface area contributed by atoms with Gasteiger partial charge in [-0.05, 0) is 42.0 Å². The summed E-state index contributed by atoms with van der Waals surface area (Å²) in [5, 5.41) is 9.34. The quantitative estimate of drug-likeness (QED) is 0.260. The van der Waals surface area contributed by atoms with Crippen LogP contribution in [0.15, 0.2) is 76.5 Å². The van der Waals surface area contributed by atoms with Crippen molar-refractivity contribution in [2.75, 3.05) is 18.9 Å². The maximum atomic E-state index is 12.0. The zero-order chi connectivity index (χ0) is 19.6. The smallest absolute Gasteiger partial charge is 0.291 e. The van der Waals surface area contributed by atoms with Crippen molar-refractivity contribution in [1.29, 1.82) is 0 Å². The highest BCUT2D eigenvalue weighted by Gasteiger charge is 2.08. The predicted molar refractivity (Wildman–Crippen MR) is 125 cm³/mol. The summed E-state index contributed by atoms with van der Waals surface area (Å²) in [7, 11) is 1.74. The lowest BCUT2D eigenvalue weighted by Crippen LogP contribution is -2.37. The number of pyridine rings is 1. The highest BCUT2D eigenvalue weighted by molar-refractivity contribution is 14.0. The van der Waals surface area contributed by atoms with Crippen LogP contribution in [0.2, 0.25) is 0 Å². The van der Waals surface area contributed by atoms with Crippen molar-refractivity contribution in [2.45, 2.75) is 13.0 Å². The van der Waals surface area contributed by atoms with Gasteiger partial charge in [0.1, 0.15) is 0 Å². The predicted octanol–water partition coefficient (Wildman–Crippen LogP) is 3.45. The number of aromatic nitrogens is 1. The molecule has 0 saturated carbocycles. The SMILES string of the molecule is CN=C(NCCc1ccccn1)NCc1ccc(NC(=O)c2ccco2)cc1.I. The lowest BCUT2D eigenvalue weighted by Gasteiger charge is -2.12. The van der Waals surface area contributed by atoms with E-state index in [0.717, 1.165) is 30.2 Å². The van der Waals surface area contributed by atoms with Crippen molar-refractivity contribution >= 4 is 41.5 Å². The highest BCUT2D eigenvalue weighted by Crippen LogP contribution is 2.11. The molecule has 7 nitrogen and oxygen atoms in total. The molecule has 0 saturated heterocycles. The summed E-state index contributed by atoms with van der Waals surface area (Å²) in [5.74, 6) is 0.742. The molecule has 152 valence electrons. The minimum absolute atomic E-state index is 0. The maximum Gasteiger partial charge on any atom is 0.291 e. The average Bonchev–Trinajstić information content (AvgIpc) is 3.27. The van der Waals surface area contributed by atoms with Crippen LogP contribution >= 0.6 is 24.0 Å². The molecule has 0 fully saturated rings. The first-order chi connectivity index (χ1) is 13.7. The lowest BCUT2D eigenvalue weighted by atomic mass is 10.2.